The Morgan fingerprint density at radius 1 is 0.222 bits per heavy atom. The normalized spacial score (nSPS) is 12.0. The van der Waals surface area contributed by atoms with Crippen molar-refractivity contribution in [2.75, 3.05) is 34.4 Å². The monoisotopic (exact) mass is 468 g/mol. The molecule has 0 bridgehead atoms. The summed E-state index contributed by atoms with van der Waals surface area (Å²) in [5, 5.41) is 12.9. The summed E-state index contributed by atoms with van der Waals surface area (Å²) in [6.07, 6.45) is 0. The van der Waals surface area contributed by atoms with Crippen LogP contribution >= 0.6 is 0 Å². The lowest BCUT2D eigenvalue weighted by Gasteiger charge is -2.15. The van der Waals surface area contributed by atoms with E-state index < -0.39 is 0 Å². The van der Waals surface area contributed by atoms with Gasteiger partial charge in [-0.05, 0) is 137 Å². The number of benzene rings is 7. The maximum absolute atomic E-state index is 6.15. The minimum absolute atomic E-state index is 0.569. The molecule has 0 saturated carbocycles. The summed E-state index contributed by atoms with van der Waals surface area (Å²) in [5.41, 5.74) is 40.3. The van der Waals surface area contributed by atoms with Crippen LogP contribution in [0.15, 0.2) is 72.8 Å². The van der Waals surface area contributed by atoms with Crippen LogP contribution in [0, 0.1) is 0 Å². The molecule has 0 amide bonds. The first-order valence-corrected chi connectivity index (χ1v) is 11.7. The summed E-state index contributed by atoms with van der Waals surface area (Å²) >= 11 is 0. The second-order valence-corrected chi connectivity index (χ2v) is 9.68. The predicted octanol–water partition coefficient (Wildman–Crippen LogP) is 6.10. The molecule has 0 unspecified atom stereocenters. The Morgan fingerprint density at radius 3 is 0.500 bits per heavy atom. The summed E-state index contributed by atoms with van der Waals surface area (Å²) in [6.45, 7) is 0. The Labute approximate surface area is 206 Å². The van der Waals surface area contributed by atoms with Crippen LogP contribution in [0.2, 0.25) is 0 Å². The molecule has 12 N–H and O–H groups in total. The summed E-state index contributed by atoms with van der Waals surface area (Å²) < 4.78 is 0. The lowest BCUT2D eigenvalue weighted by atomic mass is 9.89. The van der Waals surface area contributed by atoms with Gasteiger partial charge in [0.2, 0.25) is 0 Å². The first-order chi connectivity index (χ1) is 17.3. The molecule has 7 rings (SSSR count). The van der Waals surface area contributed by atoms with Crippen molar-refractivity contribution in [3.63, 3.8) is 0 Å². The largest absolute Gasteiger partial charge is 0.397 e. The van der Waals surface area contributed by atoms with E-state index in [1.165, 1.54) is 0 Å². The molecule has 6 nitrogen and oxygen atoms in total. The second-order valence-electron chi connectivity index (χ2n) is 9.68. The van der Waals surface area contributed by atoms with E-state index in [4.69, 9.17) is 34.4 Å². The molecule has 0 heterocycles. The Morgan fingerprint density at radius 2 is 0.361 bits per heavy atom. The van der Waals surface area contributed by atoms with Gasteiger partial charge in [0.05, 0.1) is 34.1 Å². The Hall–Kier alpha value is -5.10. The fraction of sp³-hybridized carbons (Fsp3) is 0. The maximum atomic E-state index is 6.15. The van der Waals surface area contributed by atoms with Gasteiger partial charge in [0.25, 0.3) is 0 Å². The van der Waals surface area contributed by atoms with E-state index in [1.807, 2.05) is 36.4 Å². The minimum atomic E-state index is 0.569. The average molecular weight is 469 g/mol. The molecule has 0 atom stereocenters. The van der Waals surface area contributed by atoms with Crippen molar-refractivity contribution in [2.45, 2.75) is 0 Å². The molecule has 7 aromatic carbocycles. The van der Waals surface area contributed by atoms with Gasteiger partial charge in [-0.15, -0.1) is 0 Å². The van der Waals surface area contributed by atoms with Gasteiger partial charge in [-0.2, -0.15) is 0 Å². The molecule has 0 spiro atoms. The highest BCUT2D eigenvalue weighted by Gasteiger charge is 2.14. The van der Waals surface area contributed by atoms with Gasteiger partial charge in [-0.3, -0.25) is 0 Å². The van der Waals surface area contributed by atoms with Gasteiger partial charge >= 0.3 is 0 Å². The van der Waals surface area contributed by atoms with Crippen LogP contribution in [0.4, 0.5) is 34.1 Å². The number of fused-ring (bicyclic) bond motifs is 9. The van der Waals surface area contributed by atoms with Crippen LogP contribution in [0.3, 0.4) is 0 Å². The van der Waals surface area contributed by atoms with Crippen molar-refractivity contribution in [1.29, 1.82) is 0 Å². The number of anilines is 6. The van der Waals surface area contributed by atoms with Gasteiger partial charge in [0.1, 0.15) is 0 Å². The van der Waals surface area contributed by atoms with Gasteiger partial charge in [0, 0.05) is 0 Å². The zero-order chi connectivity index (χ0) is 24.9. The van der Waals surface area contributed by atoms with E-state index in [-0.39, 0.29) is 0 Å². The third-order valence-corrected chi connectivity index (χ3v) is 7.41. The standard InChI is InChI=1S/C30H24N6/c31-25-7-13-1-19-20(2-14(13)8-26(25)32)22-5-17-11-29(35)30(36)12-18(17)6-24(22)23-4-16-10-28(34)27(33)9-15(16)3-21(19)23/h1-12H,31-36H2. The number of hydrogen-bond donors (Lipinski definition) is 6. The number of nitrogen functional groups attached to an aromatic ring is 6. The van der Waals surface area contributed by atoms with Crippen LogP contribution in [0.5, 0.6) is 0 Å². The fourth-order valence-corrected chi connectivity index (χ4v) is 5.49. The second kappa shape index (κ2) is 6.73. The average Bonchev–Trinajstić information content (AvgIpc) is 2.84. The van der Waals surface area contributed by atoms with Crippen molar-refractivity contribution in [3.8, 4) is 0 Å². The first kappa shape index (κ1) is 20.3. The van der Waals surface area contributed by atoms with Crippen LogP contribution in [0.25, 0.3) is 64.6 Å². The van der Waals surface area contributed by atoms with E-state index in [9.17, 15) is 0 Å². The lowest BCUT2D eigenvalue weighted by Crippen LogP contribution is -1.95. The van der Waals surface area contributed by atoms with Crippen molar-refractivity contribution in [2.24, 2.45) is 0 Å². The third-order valence-electron chi connectivity index (χ3n) is 7.41. The van der Waals surface area contributed by atoms with Crippen LogP contribution in [-0.4, -0.2) is 0 Å². The highest BCUT2D eigenvalue weighted by Crippen LogP contribution is 2.42. The zero-order valence-electron chi connectivity index (χ0n) is 19.4. The number of hydrogen-bond acceptors (Lipinski definition) is 6. The third kappa shape index (κ3) is 2.72. The number of nitrogens with two attached hydrogens (primary N) is 6. The van der Waals surface area contributed by atoms with Crippen LogP contribution in [-0.2, 0) is 0 Å². The molecule has 36 heavy (non-hydrogen) atoms. The summed E-state index contributed by atoms with van der Waals surface area (Å²) in [7, 11) is 0. The van der Waals surface area contributed by atoms with E-state index in [0.29, 0.717) is 34.1 Å². The number of rotatable bonds is 0. The summed E-state index contributed by atoms with van der Waals surface area (Å²) in [6, 6.07) is 24.8. The van der Waals surface area contributed by atoms with E-state index in [2.05, 4.69) is 36.4 Å². The SMILES string of the molecule is Nc1cc2cc3c4cc5cc(N)c(N)cc5cc4c4cc5cc(N)c(N)cc5cc4c3cc2cc1N. The highest BCUT2D eigenvalue weighted by molar-refractivity contribution is 6.30. The summed E-state index contributed by atoms with van der Waals surface area (Å²) in [4.78, 5) is 0. The van der Waals surface area contributed by atoms with E-state index in [1.54, 1.807) is 0 Å². The van der Waals surface area contributed by atoms with Crippen LogP contribution < -0.4 is 34.4 Å². The van der Waals surface area contributed by atoms with Crippen molar-refractivity contribution < 1.29 is 0 Å². The first-order valence-electron chi connectivity index (χ1n) is 11.7. The maximum Gasteiger partial charge on any atom is 0.0554 e. The fourth-order valence-electron chi connectivity index (χ4n) is 5.49. The Bertz CT molecular complexity index is 1690. The highest BCUT2D eigenvalue weighted by atomic mass is 14.7. The van der Waals surface area contributed by atoms with Crippen molar-refractivity contribution in [1.82, 2.24) is 0 Å². The molecule has 0 radical (unpaired) electrons. The molecular weight excluding hydrogens is 444 g/mol. The molecule has 0 aliphatic rings. The molecule has 174 valence electrons. The zero-order valence-corrected chi connectivity index (χ0v) is 19.4. The molecule has 0 aliphatic heterocycles. The smallest absolute Gasteiger partial charge is 0.0554 e. The Kier molecular flexibility index (Phi) is 3.79. The van der Waals surface area contributed by atoms with Gasteiger partial charge < -0.3 is 34.4 Å². The molecule has 0 aromatic heterocycles. The lowest BCUT2D eigenvalue weighted by molar-refractivity contribution is 1.72. The molecule has 0 fully saturated rings. The van der Waals surface area contributed by atoms with Gasteiger partial charge in [-0.1, -0.05) is 0 Å². The predicted molar refractivity (Wildman–Crippen MR) is 158 cm³/mol. The van der Waals surface area contributed by atoms with Crippen molar-refractivity contribution >= 4 is 98.8 Å². The van der Waals surface area contributed by atoms with E-state index >= 15 is 0 Å². The molecule has 6 heteroatoms. The molecule has 0 aliphatic carbocycles. The van der Waals surface area contributed by atoms with Crippen molar-refractivity contribution in [3.05, 3.63) is 72.8 Å². The minimum Gasteiger partial charge on any atom is -0.397 e. The van der Waals surface area contributed by atoms with E-state index in [0.717, 1.165) is 64.6 Å². The molecular formula is C30H24N6. The molecule has 7 aromatic rings. The topological polar surface area (TPSA) is 156 Å². The van der Waals surface area contributed by atoms with Gasteiger partial charge in [0.15, 0.2) is 0 Å². The quantitative estimate of drug-likeness (QED) is 0.0897. The molecule has 0 saturated heterocycles. The van der Waals surface area contributed by atoms with Gasteiger partial charge in [-0.25, -0.2) is 0 Å². The Balaban J connectivity index is 1.76. The van der Waals surface area contributed by atoms with Crippen LogP contribution in [0.1, 0.15) is 0 Å². The summed E-state index contributed by atoms with van der Waals surface area (Å²) in [5.74, 6) is 0.